The summed E-state index contributed by atoms with van der Waals surface area (Å²) < 4.78 is 0. The molecule has 1 spiro atoms. The minimum atomic E-state index is -0.430. The van der Waals surface area contributed by atoms with Crippen LogP contribution in [-0.2, 0) is 43.8 Å². The molecule has 1 nitrogen and oxygen atoms in total. The van der Waals surface area contributed by atoms with Crippen LogP contribution in [0.5, 0.6) is 0 Å². The van der Waals surface area contributed by atoms with Crippen molar-refractivity contribution < 1.29 is 20.1 Å². The molecule has 1 radical (unpaired) electrons. The molecule has 0 saturated carbocycles. The van der Waals surface area contributed by atoms with Gasteiger partial charge in [-0.1, -0.05) is 291 Å². The summed E-state index contributed by atoms with van der Waals surface area (Å²) in [5.41, 5.74) is 29.0. The van der Waals surface area contributed by atoms with Crippen molar-refractivity contribution in [1.82, 2.24) is 4.98 Å². The second-order valence-corrected chi connectivity index (χ2v) is 25.1. The van der Waals surface area contributed by atoms with Crippen LogP contribution >= 0.6 is 0 Å². The van der Waals surface area contributed by atoms with E-state index in [0.717, 1.165) is 42.5 Å². The molecule has 0 fully saturated rings. The molecule has 85 heavy (non-hydrogen) atoms. The van der Waals surface area contributed by atoms with Gasteiger partial charge in [-0.05, 0) is 158 Å². The molecule has 9 aromatic carbocycles. The first-order valence-electron chi connectivity index (χ1n) is 32.8. The van der Waals surface area contributed by atoms with Gasteiger partial charge in [-0.3, -0.25) is 4.98 Å². The van der Waals surface area contributed by atoms with E-state index < -0.39 is 5.41 Å². The Morgan fingerprint density at radius 3 is 1.33 bits per heavy atom. The second-order valence-electron chi connectivity index (χ2n) is 25.1. The molecule has 0 unspecified atom stereocenters. The van der Waals surface area contributed by atoms with E-state index in [2.05, 4.69) is 228 Å². The Morgan fingerprint density at radius 2 is 0.800 bits per heavy atom. The first kappa shape index (κ1) is 58.4. The van der Waals surface area contributed by atoms with Crippen molar-refractivity contribution in [3.63, 3.8) is 0 Å². The number of fused-ring (bicyclic) bond motifs is 14. The second kappa shape index (κ2) is 25.9. The first-order valence-corrected chi connectivity index (χ1v) is 32.8. The van der Waals surface area contributed by atoms with Crippen molar-refractivity contribution in [2.45, 2.75) is 167 Å². The number of hydrogen-bond acceptors (Lipinski definition) is 1. The van der Waals surface area contributed by atoms with Crippen molar-refractivity contribution in [1.29, 1.82) is 0 Å². The van der Waals surface area contributed by atoms with Gasteiger partial charge in [0.25, 0.3) is 0 Å². The fourth-order valence-electron chi connectivity index (χ4n) is 15.4. The zero-order valence-electron chi connectivity index (χ0n) is 50.9. The SMILES string of the molecule is CCCCCCc1ccc(-c2cc(-c3ccc(CCCCCC)cc3)cc(-c3cc(-c4[c-]c5c(cc4)C4(c6ccccc6-5)c5ccccc5-c5ccccc54)nc4cc5c(cc34)-c3ccccc3C5(CCCCCC)CCCCCC)c2)cc1.[Ir]. The summed E-state index contributed by atoms with van der Waals surface area (Å²) in [6.45, 7) is 9.28. The number of hydrogen-bond donors (Lipinski definition) is 0. The molecule has 3 aliphatic rings. The molecule has 0 aliphatic heterocycles. The molecule has 2 heteroatoms. The average Bonchev–Trinajstić information content (AvgIpc) is 1.55. The first-order chi connectivity index (χ1) is 41.5. The summed E-state index contributed by atoms with van der Waals surface area (Å²) in [6, 6.07) is 79.8. The van der Waals surface area contributed by atoms with Crippen LogP contribution in [0.15, 0.2) is 194 Å². The third-order valence-electron chi connectivity index (χ3n) is 19.7. The number of rotatable bonds is 24. The van der Waals surface area contributed by atoms with E-state index >= 15 is 0 Å². The van der Waals surface area contributed by atoms with E-state index in [0.29, 0.717) is 0 Å². The predicted octanol–water partition coefficient (Wildman–Crippen LogP) is 23.5. The zero-order valence-corrected chi connectivity index (χ0v) is 53.3. The summed E-state index contributed by atoms with van der Waals surface area (Å²) in [6.07, 6.45) is 24.8. The molecule has 3 aliphatic carbocycles. The molecule has 0 amide bonds. The molecule has 0 saturated heterocycles. The van der Waals surface area contributed by atoms with Crippen LogP contribution in [0, 0.1) is 6.07 Å². The smallest absolute Gasteiger partial charge is 0.0627 e. The summed E-state index contributed by atoms with van der Waals surface area (Å²) >= 11 is 0. The summed E-state index contributed by atoms with van der Waals surface area (Å²) in [5, 5.41) is 1.21. The maximum atomic E-state index is 5.92. The van der Waals surface area contributed by atoms with Gasteiger partial charge in [-0.15, -0.1) is 23.8 Å². The van der Waals surface area contributed by atoms with E-state index in [9.17, 15) is 0 Å². The Labute approximate surface area is 522 Å². The van der Waals surface area contributed by atoms with Crippen LogP contribution in [0.2, 0.25) is 0 Å². The zero-order chi connectivity index (χ0) is 57.0. The van der Waals surface area contributed by atoms with E-state index in [-0.39, 0.29) is 25.5 Å². The van der Waals surface area contributed by atoms with Gasteiger partial charge in [0.1, 0.15) is 0 Å². The average molecular weight is 1290 g/mol. The van der Waals surface area contributed by atoms with Crippen molar-refractivity contribution in [2.75, 3.05) is 0 Å². The minimum Gasteiger partial charge on any atom is -0.287 e. The Balaban J connectivity index is 0.00000709. The molecule has 0 bridgehead atoms. The Hall–Kier alpha value is -6.96. The van der Waals surface area contributed by atoms with Crippen LogP contribution in [0.3, 0.4) is 0 Å². The monoisotopic (exact) mass is 1290 g/mol. The number of benzene rings is 9. The van der Waals surface area contributed by atoms with Crippen LogP contribution in [-0.4, -0.2) is 4.98 Å². The van der Waals surface area contributed by atoms with Crippen molar-refractivity contribution >= 4 is 10.9 Å². The molecule has 13 rings (SSSR count). The van der Waals surface area contributed by atoms with Crippen molar-refractivity contribution in [3.05, 3.63) is 245 Å². The number of pyridine rings is 1. The third kappa shape index (κ3) is 10.8. The van der Waals surface area contributed by atoms with Crippen LogP contribution in [0.25, 0.3) is 88.9 Å². The molecular formula is C83H84IrN-. The van der Waals surface area contributed by atoms with Gasteiger partial charge in [0.05, 0.1) is 5.52 Å². The summed E-state index contributed by atoms with van der Waals surface area (Å²) in [5.74, 6) is 0. The molecule has 431 valence electrons. The van der Waals surface area contributed by atoms with Gasteiger partial charge in [-0.2, -0.15) is 0 Å². The molecule has 0 atom stereocenters. The molecule has 0 N–H and O–H groups in total. The van der Waals surface area contributed by atoms with Crippen LogP contribution < -0.4 is 0 Å². The quantitative estimate of drug-likeness (QED) is 0.0434. The Bertz CT molecular complexity index is 3840. The standard InChI is InChI=1S/C83H84N.Ir/c1-5-9-13-17-29-58-39-43-60(44-40-58)63-51-64(61-45-41-59(42-46-61)30-18-14-10-6-2)53-65(52-63)70-56-80(84-81-57-79-72(55-73(70)81)68-33-19-23-35-74(68)82(79,49-27-15-11-7-3)50-28-16-12-8-4)62-47-48-78-71(54-62)69-34-22-26-38-77(69)83(78)75-36-24-20-31-66(75)67-32-21-25-37-76(67)83;/h19-26,31-48,51-53,55-57H,5-18,27-30,49-50H2,1-4H3;/q-1;. The third-order valence-corrected chi connectivity index (χ3v) is 19.7. The van der Waals surface area contributed by atoms with Crippen molar-refractivity contribution in [3.8, 4) is 78.0 Å². The maximum absolute atomic E-state index is 5.92. The number of aryl methyl sites for hydroxylation is 2. The van der Waals surface area contributed by atoms with Gasteiger partial charge in [0.2, 0.25) is 0 Å². The van der Waals surface area contributed by atoms with Gasteiger partial charge in [0.15, 0.2) is 0 Å². The topological polar surface area (TPSA) is 12.9 Å². The molecule has 1 aromatic heterocycles. The summed E-state index contributed by atoms with van der Waals surface area (Å²) in [7, 11) is 0. The van der Waals surface area contributed by atoms with E-state index in [4.69, 9.17) is 4.98 Å². The largest absolute Gasteiger partial charge is 0.287 e. The molecule has 1 heterocycles. The summed E-state index contributed by atoms with van der Waals surface area (Å²) in [4.78, 5) is 5.92. The Morgan fingerprint density at radius 1 is 0.341 bits per heavy atom. The fraction of sp³-hybridized carbons (Fsp3) is 0.313. The molecule has 10 aromatic rings. The number of aromatic nitrogens is 1. The van der Waals surface area contributed by atoms with Crippen LogP contribution in [0.4, 0.5) is 0 Å². The molecular weight excluding hydrogens is 1200 g/mol. The van der Waals surface area contributed by atoms with Gasteiger partial charge in [0, 0.05) is 42.0 Å². The Kier molecular flexibility index (Phi) is 17.8. The van der Waals surface area contributed by atoms with Crippen molar-refractivity contribution in [2.24, 2.45) is 0 Å². The van der Waals surface area contributed by atoms with Gasteiger partial charge >= 0.3 is 0 Å². The normalized spacial score (nSPS) is 13.5. The van der Waals surface area contributed by atoms with Gasteiger partial charge < -0.3 is 0 Å². The minimum absolute atomic E-state index is 0. The van der Waals surface area contributed by atoms with E-state index in [1.807, 2.05) is 0 Å². The maximum Gasteiger partial charge on any atom is 0.0627 e. The predicted molar refractivity (Wildman–Crippen MR) is 358 cm³/mol. The number of unbranched alkanes of at least 4 members (excludes halogenated alkanes) is 12. The van der Waals surface area contributed by atoms with Gasteiger partial charge in [-0.25, -0.2) is 0 Å². The number of nitrogens with zero attached hydrogens (tertiary/aromatic N) is 1. The van der Waals surface area contributed by atoms with Crippen LogP contribution in [0.1, 0.15) is 188 Å². The van der Waals surface area contributed by atoms with E-state index in [1.54, 1.807) is 0 Å². The fourth-order valence-corrected chi connectivity index (χ4v) is 15.4. The van der Waals surface area contributed by atoms with E-state index in [1.165, 1.54) is 219 Å².